The van der Waals surface area contributed by atoms with Crippen LogP contribution >= 0.6 is 0 Å². The monoisotopic (exact) mass is 478 g/mol. The van der Waals surface area contributed by atoms with Crippen molar-refractivity contribution in [3.05, 3.63) is 59.7 Å². The Balaban J connectivity index is 1.37. The van der Waals surface area contributed by atoms with Crippen LogP contribution in [0.5, 0.6) is 0 Å². The lowest BCUT2D eigenvalue weighted by molar-refractivity contribution is -0.146. The molecule has 2 atom stereocenters. The first-order valence-electron chi connectivity index (χ1n) is 12.3. The van der Waals surface area contributed by atoms with Crippen molar-refractivity contribution in [2.45, 2.75) is 52.0 Å². The van der Waals surface area contributed by atoms with Crippen LogP contribution in [0.15, 0.2) is 48.5 Å². The smallest absolute Gasteiger partial charge is 0.407 e. The van der Waals surface area contributed by atoms with Gasteiger partial charge in [-0.25, -0.2) is 9.59 Å². The van der Waals surface area contributed by atoms with Gasteiger partial charge in [-0.1, -0.05) is 75.7 Å². The molecule has 2 aliphatic rings. The van der Waals surface area contributed by atoms with Crippen LogP contribution in [0.2, 0.25) is 0 Å². The van der Waals surface area contributed by atoms with Gasteiger partial charge >= 0.3 is 12.1 Å². The number of amides is 2. The van der Waals surface area contributed by atoms with Crippen LogP contribution in [0.25, 0.3) is 11.1 Å². The predicted molar refractivity (Wildman–Crippen MR) is 133 cm³/mol. The molecule has 186 valence electrons. The van der Waals surface area contributed by atoms with E-state index in [2.05, 4.69) is 34.9 Å². The minimum Gasteiger partial charge on any atom is -0.480 e. The van der Waals surface area contributed by atoms with Gasteiger partial charge in [-0.05, 0) is 46.4 Å². The molecule has 0 saturated heterocycles. The highest BCUT2D eigenvalue weighted by Gasteiger charge is 2.38. The van der Waals surface area contributed by atoms with Crippen LogP contribution in [-0.4, -0.2) is 42.3 Å². The quantitative estimate of drug-likeness (QED) is 0.516. The highest BCUT2D eigenvalue weighted by Crippen LogP contribution is 2.44. The molecular weight excluding hydrogens is 444 g/mol. The second-order valence-corrected chi connectivity index (χ2v) is 10.6. The van der Waals surface area contributed by atoms with Crippen molar-refractivity contribution in [3.8, 4) is 11.1 Å². The van der Waals surface area contributed by atoms with Gasteiger partial charge in [0.2, 0.25) is 5.91 Å². The number of hydrogen-bond acceptors (Lipinski definition) is 4. The molecule has 2 aliphatic carbocycles. The summed E-state index contributed by atoms with van der Waals surface area (Å²) in [5, 5.41) is 15.0. The van der Waals surface area contributed by atoms with Crippen LogP contribution in [0, 0.1) is 17.3 Å². The third-order valence-corrected chi connectivity index (χ3v) is 7.27. The molecule has 2 aromatic rings. The maximum absolute atomic E-state index is 13.0. The Hall–Kier alpha value is -3.35. The molecule has 1 unspecified atom stereocenters. The normalized spacial score (nSPS) is 16.9. The zero-order chi connectivity index (χ0) is 25.2. The maximum atomic E-state index is 13.0. The topological polar surface area (TPSA) is 105 Å². The lowest BCUT2D eigenvalue weighted by Crippen LogP contribution is -2.53. The molecule has 2 aromatic carbocycles. The SMILES string of the molecule is CC(C)(C)[C@@H](NC(=O)C(CNC(=O)OCC1c2ccccc2-c2ccccc21)C1CCC1)C(=O)O. The average molecular weight is 479 g/mol. The number of benzene rings is 2. The Morgan fingerprint density at radius 3 is 2.06 bits per heavy atom. The van der Waals surface area contributed by atoms with E-state index in [0.29, 0.717) is 0 Å². The summed E-state index contributed by atoms with van der Waals surface area (Å²) in [4.78, 5) is 37.3. The van der Waals surface area contributed by atoms with Gasteiger partial charge in [-0.15, -0.1) is 0 Å². The summed E-state index contributed by atoms with van der Waals surface area (Å²) in [7, 11) is 0. The number of ether oxygens (including phenoxy) is 1. The Labute approximate surface area is 206 Å². The minimum absolute atomic E-state index is 0.0398. The van der Waals surface area contributed by atoms with Crippen molar-refractivity contribution in [3.63, 3.8) is 0 Å². The van der Waals surface area contributed by atoms with Crippen molar-refractivity contribution in [1.29, 1.82) is 0 Å². The zero-order valence-corrected chi connectivity index (χ0v) is 20.5. The number of rotatable bonds is 8. The van der Waals surface area contributed by atoms with Crippen molar-refractivity contribution < 1.29 is 24.2 Å². The summed E-state index contributed by atoms with van der Waals surface area (Å²) in [6, 6.07) is 15.3. The largest absolute Gasteiger partial charge is 0.480 e. The van der Waals surface area contributed by atoms with Crippen LogP contribution in [0.4, 0.5) is 4.79 Å². The molecule has 1 fully saturated rings. The Bertz CT molecular complexity index is 1060. The van der Waals surface area contributed by atoms with E-state index >= 15 is 0 Å². The molecule has 0 aliphatic heterocycles. The molecule has 0 spiro atoms. The van der Waals surface area contributed by atoms with Gasteiger partial charge in [0.25, 0.3) is 0 Å². The number of alkyl carbamates (subject to hydrolysis) is 1. The molecule has 0 aromatic heterocycles. The summed E-state index contributed by atoms with van der Waals surface area (Å²) >= 11 is 0. The van der Waals surface area contributed by atoms with E-state index in [4.69, 9.17) is 4.74 Å². The van der Waals surface area contributed by atoms with Gasteiger partial charge in [0.15, 0.2) is 0 Å². The molecule has 7 heteroatoms. The predicted octanol–water partition coefficient (Wildman–Crippen LogP) is 4.56. The van der Waals surface area contributed by atoms with Crippen LogP contribution in [0.3, 0.4) is 0 Å². The average Bonchev–Trinajstić information content (AvgIpc) is 3.10. The van der Waals surface area contributed by atoms with Crippen LogP contribution in [-0.2, 0) is 14.3 Å². The molecule has 0 bridgehead atoms. The standard InChI is InChI=1S/C28H34N2O5/c1-28(2,3)24(26(32)33)30-25(31)22(17-9-8-10-17)15-29-27(34)35-16-23-20-13-6-4-11-18(20)19-12-5-7-14-21(19)23/h4-7,11-14,17,22-24H,8-10,15-16H2,1-3H3,(H,29,34)(H,30,31)(H,32,33)/t22?,24-/m0/s1. The molecule has 0 radical (unpaired) electrons. The van der Waals surface area contributed by atoms with E-state index in [0.717, 1.165) is 41.5 Å². The van der Waals surface area contributed by atoms with Gasteiger partial charge in [-0.2, -0.15) is 0 Å². The summed E-state index contributed by atoms with van der Waals surface area (Å²) in [5.41, 5.74) is 3.95. The maximum Gasteiger partial charge on any atom is 0.407 e. The lowest BCUT2D eigenvalue weighted by atomic mass is 9.75. The molecule has 1 saturated carbocycles. The first-order valence-corrected chi connectivity index (χ1v) is 12.3. The van der Waals surface area contributed by atoms with Crippen LogP contribution < -0.4 is 10.6 Å². The number of fused-ring (bicyclic) bond motifs is 3. The number of carboxylic acid groups (broad SMARTS) is 1. The molecule has 35 heavy (non-hydrogen) atoms. The fourth-order valence-corrected chi connectivity index (χ4v) is 5.06. The lowest BCUT2D eigenvalue weighted by Gasteiger charge is -2.35. The minimum atomic E-state index is -1.07. The molecule has 4 rings (SSSR count). The first kappa shape index (κ1) is 24.8. The Morgan fingerprint density at radius 1 is 1.00 bits per heavy atom. The molecule has 7 nitrogen and oxygen atoms in total. The number of carbonyl (C=O) groups is 3. The van der Waals surface area contributed by atoms with Gasteiger partial charge in [-0.3, -0.25) is 4.79 Å². The highest BCUT2D eigenvalue weighted by atomic mass is 16.5. The summed E-state index contributed by atoms with van der Waals surface area (Å²) in [5.74, 6) is -1.81. The van der Waals surface area contributed by atoms with Gasteiger partial charge < -0.3 is 20.5 Å². The third-order valence-electron chi connectivity index (χ3n) is 7.27. The van der Waals surface area contributed by atoms with E-state index in [1.165, 1.54) is 0 Å². The van der Waals surface area contributed by atoms with E-state index in [9.17, 15) is 19.5 Å². The molecule has 3 N–H and O–H groups in total. The number of aliphatic carboxylic acids is 1. The zero-order valence-electron chi connectivity index (χ0n) is 20.5. The fraction of sp³-hybridized carbons (Fsp3) is 0.464. The molecule has 0 heterocycles. The van der Waals surface area contributed by atoms with Crippen molar-refractivity contribution in [1.82, 2.24) is 10.6 Å². The molecular formula is C28H34N2O5. The van der Waals surface area contributed by atoms with Crippen molar-refractivity contribution in [2.24, 2.45) is 17.3 Å². The van der Waals surface area contributed by atoms with Gasteiger partial charge in [0.05, 0.1) is 5.92 Å². The van der Waals surface area contributed by atoms with Crippen LogP contribution in [0.1, 0.15) is 57.1 Å². The van der Waals surface area contributed by atoms with Gasteiger partial charge in [0.1, 0.15) is 12.6 Å². The summed E-state index contributed by atoms with van der Waals surface area (Å²) in [6.07, 6.45) is 2.23. The summed E-state index contributed by atoms with van der Waals surface area (Å²) in [6.45, 7) is 5.65. The van der Waals surface area contributed by atoms with Crippen molar-refractivity contribution >= 4 is 18.0 Å². The number of hydrogen-bond donors (Lipinski definition) is 3. The van der Waals surface area contributed by atoms with Crippen molar-refractivity contribution in [2.75, 3.05) is 13.2 Å². The van der Waals surface area contributed by atoms with Gasteiger partial charge in [0, 0.05) is 12.5 Å². The van der Waals surface area contributed by atoms with E-state index in [-0.39, 0.29) is 30.9 Å². The fourth-order valence-electron chi connectivity index (χ4n) is 5.06. The second-order valence-electron chi connectivity index (χ2n) is 10.6. The van der Waals surface area contributed by atoms with E-state index in [1.807, 2.05) is 24.3 Å². The third kappa shape index (κ3) is 5.34. The number of carbonyl (C=O) groups excluding carboxylic acids is 2. The molecule has 2 amide bonds. The van der Waals surface area contributed by atoms with E-state index in [1.54, 1.807) is 20.8 Å². The first-order chi connectivity index (χ1) is 16.7. The summed E-state index contributed by atoms with van der Waals surface area (Å²) < 4.78 is 5.60. The Kier molecular flexibility index (Phi) is 7.15. The van der Waals surface area contributed by atoms with E-state index < -0.39 is 29.4 Å². The number of nitrogens with one attached hydrogen (secondary N) is 2. The highest BCUT2D eigenvalue weighted by molar-refractivity contribution is 5.86. The number of carboxylic acids is 1. The Morgan fingerprint density at radius 2 is 1.57 bits per heavy atom. The second kappa shape index (κ2) is 10.1.